The van der Waals surface area contributed by atoms with Crippen molar-refractivity contribution in [2.24, 2.45) is 0 Å². The summed E-state index contributed by atoms with van der Waals surface area (Å²) < 4.78 is 12.6. The van der Waals surface area contributed by atoms with E-state index in [0.717, 1.165) is 77.2 Å². The fraction of sp³-hybridized carbons (Fsp3) is 0.0833. The molecular formula is C48H39NO2. The third-order valence-electron chi connectivity index (χ3n) is 9.57. The number of furan rings is 2. The lowest BCUT2D eigenvalue weighted by atomic mass is 9.96. The van der Waals surface area contributed by atoms with Crippen molar-refractivity contribution in [1.82, 2.24) is 4.98 Å². The van der Waals surface area contributed by atoms with Gasteiger partial charge in [-0.25, -0.2) is 0 Å². The Balaban J connectivity index is 0.000000585. The Morgan fingerprint density at radius 3 is 1.76 bits per heavy atom. The van der Waals surface area contributed by atoms with Crippen LogP contribution < -0.4 is 0 Å². The number of H-pyrrole nitrogens is 1. The van der Waals surface area contributed by atoms with Crippen LogP contribution in [0.25, 0.3) is 99.1 Å². The first-order chi connectivity index (χ1) is 25.2. The lowest BCUT2D eigenvalue weighted by Crippen LogP contribution is -1.83. The Labute approximate surface area is 297 Å². The molecule has 51 heavy (non-hydrogen) atoms. The second kappa shape index (κ2) is 13.5. The topological polar surface area (TPSA) is 42.1 Å². The molecule has 3 heterocycles. The van der Waals surface area contributed by atoms with E-state index in [0.29, 0.717) is 0 Å². The normalized spacial score (nSPS) is 11.5. The first-order valence-corrected chi connectivity index (χ1v) is 17.7. The average Bonchev–Trinajstić information content (AvgIpc) is 3.89. The highest BCUT2D eigenvalue weighted by Crippen LogP contribution is 2.40. The van der Waals surface area contributed by atoms with Gasteiger partial charge in [-0.05, 0) is 78.6 Å². The van der Waals surface area contributed by atoms with Crippen LogP contribution >= 0.6 is 0 Å². The average molecular weight is 662 g/mol. The number of aromatic amines is 1. The molecule has 0 atom stereocenters. The molecule has 0 fully saturated rings. The summed E-state index contributed by atoms with van der Waals surface area (Å²) >= 11 is 0. The van der Waals surface area contributed by atoms with Gasteiger partial charge in [-0.15, -0.1) is 0 Å². The van der Waals surface area contributed by atoms with Crippen LogP contribution in [-0.4, -0.2) is 4.98 Å². The van der Waals surface area contributed by atoms with E-state index in [2.05, 4.69) is 126 Å². The van der Waals surface area contributed by atoms with E-state index in [1.54, 1.807) is 0 Å². The van der Waals surface area contributed by atoms with Crippen LogP contribution in [-0.2, 0) is 0 Å². The summed E-state index contributed by atoms with van der Waals surface area (Å²) in [4.78, 5) is 3.74. The molecule has 0 saturated heterocycles. The van der Waals surface area contributed by atoms with Gasteiger partial charge >= 0.3 is 0 Å². The molecule has 3 aromatic heterocycles. The second-order valence-corrected chi connectivity index (χ2v) is 12.5. The highest BCUT2D eigenvalue weighted by molar-refractivity contribution is 6.14. The summed E-state index contributed by atoms with van der Waals surface area (Å²) in [5.41, 5.74) is 12.8. The molecule has 0 aliphatic heterocycles. The Hall–Kier alpha value is -6.32. The van der Waals surface area contributed by atoms with Crippen molar-refractivity contribution in [3.05, 3.63) is 158 Å². The highest BCUT2D eigenvalue weighted by Gasteiger charge is 2.15. The summed E-state index contributed by atoms with van der Waals surface area (Å²) in [5.74, 6) is 0. The minimum Gasteiger partial charge on any atom is -0.456 e. The quantitative estimate of drug-likeness (QED) is 0.191. The van der Waals surface area contributed by atoms with Crippen molar-refractivity contribution >= 4 is 65.7 Å². The number of hydrogen-bond acceptors (Lipinski definition) is 2. The molecule has 0 saturated carbocycles. The third kappa shape index (κ3) is 5.57. The Morgan fingerprint density at radius 2 is 0.980 bits per heavy atom. The molecule has 248 valence electrons. The minimum absolute atomic E-state index is 0.908. The summed E-state index contributed by atoms with van der Waals surface area (Å²) in [5, 5.41) is 6.98. The van der Waals surface area contributed by atoms with Crippen LogP contribution in [0.1, 0.15) is 27.7 Å². The van der Waals surface area contributed by atoms with Crippen LogP contribution in [0, 0.1) is 0 Å². The molecule has 0 aliphatic carbocycles. The van der Waals surface area contributed by atoms with Crippen molar-refractivity contribution in [3.8, 4) is 33.4 Å². The van der Waals surface area contributed by atoms with Crippen LogP contribution in [0.15, 0.2) is 167 Å². The number of allylic oxidation sites excluding steroid dienone is 2. The largest absolute Gasteiger partial charge is 0.456 e. The van der Waals surface area contributed by atoms with E-state index in [1.807, 2.05) is 64.1 Å². The first-order valence-electron chi connectivity index (χ1n) is 17.7. The van der Waals surface area contributed by atoms with Gasteiger partial charge in [0.05, 0.1) is 5.52 Å². The van der Waals surface area contributed by atoms with Gasteiger partial charge in [-0.3, -0.25) is 0 Å². The number of aromatic nitrogens is 1. The molecule has 3 heteroatoms. The fourth-order valence-corrected chi connectivity index (χ4v) is 7.08. The second-order valence-electron chi connectivity index (χ2n) is 12.5. The molecule has 0 radical (unpaired) electrons. The van der Waals surface area contributed by atoms with Gasteiger partial charge in [0.2, 0.25) is 0 Å². The fourth-order valence-electron chi connectivity index (χ4n) is 7.08. The Morgan fingerprint density at radius 1 is 0.412 bits per heavy atom. The van der Waals surface area contributed by atoms with E-state index < -0.39 is 0 Å². The standard InChI is InChI=1S/C42H25NO2.C4H8.C2H6/c1-3-16-38-31(10-1)33-20-18-26(24-40(33)44-38)25-8-5-9-27(22-25)29-12-6-14-34-36-23-28(19-21-37(36)43-41(29)34)30-13-7-15-35-32-11-2-4-17-39(32)45-42(30)35;1-3-4-2;1-2/h1-24,43H;3-4H,1-2H3;1-2H3/b;4-3-;. The van der Waals surface area contributed by atoms with Crippen molar-refractivity contribution in [1.29, 1.82) is 0 Å². The van der Waals surface area contributed by atoms with Crippen LogP contribution in [0.4, 0.5) is 0 Å². The lowest BCUT2D eigenvalue weighted by molar-refractivity contribution is 0.669. The lowest BCUT2D eigenvalue weighted by Gasteiger charge is -2.08. The minimum atomic E-state index is 0.908. The SMILES string of the molecule is C/C=C\C.CC.c1cc(-c2ccc3c(c2)oc2ccccc23)cc(-c2cccc3c2[nH]c2ccc(-c4cccc5c4oc4ccccc45)cc23)c1. The monoisotopic (exact) mass is 661 g/mol. The molecule has 0 amide bonds. The van der Waals surface area contributed by atoms with Gasteiger partial charge in [-0.1, -0.05) is 129 Å². The Bertz CT molecular complexity index is 2860. The Kier molecular flexibility index (Phi) is 8.47. The summed E-state index contributed by atoms with van der Waals surface area (Å²) in [7, 11) is 0. The van der Waals surface area contributed by atoms with Crippen molar-refractivity contribution < 1.29 is 8.83 Å². The van der Waals surface area contributed by atoms with Gasteiger partial charge in [0.1, 0.15) is 22.3 Å². The zero-order chi connectivity index (χ0) is 34.9. The van der Waals surface area contributed by atoms with Gasteiger partial charge in [0, 0.05) is 49.0 Å². The molecule has 3 nitrogen and oxygen atoms in total. The highest BCUT2D eigenvalue weighted by atomic mass is 16.3. The van der Waals surface area contributed by atoms with Crippen molar-refractivity contribution in [3.63, 3.8) is 0 Å². The van der Waals surface area contributed by atoms with Gasteiger partial charge in [0.15, 0.2) is 0 Å². The zero-order valence-corrected chi connectivity index (χ0v) is 29.3. The summed E-state index contributed by atoms with van der Waals surface area (Å²) in [6.45, 7) is 8.00. The third-order valence-corrected chi connectivity index (χ3v) is 9.57. The summed E-state index contributed by atoms with van der Waals surface area (Å²) in [6, 6.07) is 51.4. The number of rotatable bonds is 3. The first kappa shape index (κ1) is 31.9. The van der Waals surface area contributed by atoms with Gasteiger partial charge < -0.3 is 13.8 Å². The maximum absolute atomic E-state index is 6.37. The molecule has 0 aliphatic rings. The molecule has 1 N–H and O–H groups in total. The molecule has 0 bridgehead atoms. The molecule has 0 spiro atoms. The smallest absolute Gasteiger partial charge is 0.143 e. The number of nitrogens with one attached hydrogen (secondary N) is 1. The molecular weight excluding hydrogens is 623 g/mol. The van der Waals surface area contributed by atoms with E-state index >= 15 is 0 Å². The van der Waals surface area contributed by atoms with Gasteiger partial charge in [0.25, 0.3) is 0 Å². The maximum Gasteiger partial charge on any atom is 0.143 e. The predicted octanol–water partition coefficient (Wildman–Crippen LogP) is 14.7. The van der Waals surface area contributed by atoms with E-state index in [-0.39, 0.29) is 0 Å². The molecule has 7 aromatic carbocycles. The zero-order valence-electron chi connectivity index (χ0n) is 29.3. The number of para-hydroxylation sites is 4. The number of hydrogen-bond donors (Lipinski definition) is 1. The van der Waals surface area contributed by atoms with E-state index in [4.69, 9.17) is 8.83 Å². The van der Waals surface area contributed by atoms with Crippen LogP contribution in [0.2, 0.25) is 0 Å². The van der Waals surface area contributed by atoms with Crippen molar-refractivity contribution in [2.45, 2.75) is 27.7 Å². The molecule has 0 unspecified atom stereocenters. The van der Waals surface area contributed by atoms with Gasteiger partial charge in [-0.2, -0.15) is 0 Å². The van der Waals surface area contributed by atoms with E-state index in [1.165, 1.54) is 21.9 Å². The summed E-state index contributed by atoms with van der Waals surface area (Å²) in [6.07, 6.45) is 4.00. The van der Waals surface area contributed by atoms with Crippen molar-refractivity contribution in [2.75, 3.05) is 0 Å². The van der Waals surface area contributed by atoms with E-state index in [9.17, 15) is 0 Å². The number of fused-ring (bicyclic) bond motifs is 9. The van der Waals surface area contributed by atoms with Crippen LogP contribution in [0.3, 0.4) is 0 Å². The molecule has 10 aromatic rings. The maximum atomic E-state index is 6.37. The predicted molar refractivity (Wildman–Crippen MR) is 219 cm³/mol. The molecule has 10 rings (SSSR count). The van der Waals surface area contributed by atoms with Crippen LogP contribution in [0.5, 0.6) is 0 Å². The number of benzene rings is 7.